The molecular formula is C7H11N3O2. The topological polar surface area (TPSA) is 80.9 Å². The molecule has 0 aliphatic rings. The van der Waals surface area contributed by atoms with E-state index in [-0.39, 0.29) is 11.1 Å². The Morgan fingerprint density at radius 1 is 1.58 bits per heavy atom. The smallest absolute Gasteiger partial charge is 0.268 e. The van der Waals surface area contributed by atoms with Crippen LogP contribution in [0.3, 0.4) is 0 Å². The molecule has 0 spiro atoms. The second kappa shape index (κ2) is 3.36. The summed E-state index contributed by atoms with van der Waals surface area (Å²) in [5, 5.41) is 2.39. The maximum absolute atomic E-state index is 11.2. The van der Waals surface area contributed by atoms with E-state index in [1.165, 1.54) is 10.7 Å². The molecule has 66 valence electrons. The van der Waals surface area contributed by atoms with Gasteiger partial charge in [0.15, 0.2) is 0 Å². The first kappa shape index (κ1) is 8.73. The number of hydrogen-bond acceptors (Lipinski definition) is 3. The van der Waals surface area contributed by atoms with Crippen LogP contribution in [0.5, 0.6) is 0 Å². The van der Waals surface area contributed by atoms with E-state index >= 15 is 0 Å². The van der Waals surface area contributed by atoms with Crippen LogP contribution in [0.2, 0.25) is 0 Å². The van der Waals surface area contributed by atoms with Crippen LogP contribution in [0.25, 0.3) is 0 Å². The van der Waals surface area contributed by atoms with E-state index in [1.54, 1.807) is 6.92 Å². The summed E-state index contributed by atoms with van der Waals surface area (Å²) in [6, 6.07) is 1.27. The highest BCUT2D eigenvalue weighted by Gasteiger charge is 1.99. The van der Waals surface area contributed by atoms with Gasteiger partial charge in [-0.2, -0.15) is 0 Å². The highest BCUT2D eigenvalue weighted by molar-refractivity contribution is 5.03. The molecule has 0 aliphatic carbocycles. The van der Waals surface area contributed by atoms with Crippen molar-refractivity contribution < 1.29 is 0 Å². The molecule has 0 saturated carbocycles. The Hall–Kier alpha value is -1.36. The van der Waals surface area contributed by atoms with Crippen molar-refractivity contribution in [3.05, 3.63) is 32.3 Å². The molecule has 12 heavy (non-hydrogen) atoms. The SMILES string of the molecule is Cc1cc(=O)[nH]n(CCN)c1=O. The van der Waals surface area contributed by atoms with Gasteiger partial charge in [-0.25, -0.2) is 4.68 Å². The summed E-state index contributed by atoms with van der Waals surface area (Å²) < 4.78 is 1.22. The Morgan fingerprint density at radius 3 is 2.83 bits per heavy atom. The van der Waals surface area contributed by atoms with Gasteiger partial charge in [0.1, 0.15) is 0 Å². The van der Waals surface area contributed by atoms with Gasteiger partial charge in [-0.3, -0.25) is 14.7 Å². The highest BCUT2D eigenvalue weighted by atomic mass is 16.1. The molecule has 1 rings (SSSR count). The zero-order valence-electron chi connectivity index (χ0n) is 6.83. The number of aromatic amines is 1. The van der Waals surface area contributed by atoms with E-state index in [2.05, 4.69) is 5.10 Å². The molecule has 0 aliphatic heterocycles. The minimum Gasteiger partial charge on any atom is -0.329 e. The Morgan fingerprint density at radius 2 is 2.25 bits per heavy atom. The number of nitrogens with one attached hydrogen (secondary N) is 1. The first-order valence-corrected chi connectivity index (χ1v) is 3.66. The van der Waals surface area contributed by atoms with E-state index in [1.807, 2.05) is 0 Å². The van der Waals surface area contributed by atoms with Gasteiger partial charge in [-0.15, -0.1) is 0 Å². The summed E-state index contributed by atoms with van der Waals surface area (Å²) in [5.74, 6) is 0. The second-order valence-corrected chi connectivity index (χ2v) is 2.55. The van der Waals surface area contributed by atoms with Crippen molar-refractivity contribution in [3.8, 4) is 0 Å². The van der Waals surface area contributed by atoms with Gasteiger partial charge in [0, 0.05) is 18.2 Å². The summed E-state index contributed by atoms with van der Waals surface area (Å²) >= 11 is 0. The summed E-state index contributed by atoms with van der Waals surface area (Å²) in [4.78, 5) is 22.1. The van der Waals surface area contributed by atoms with E-state index in [0.717, 1.165) is 0 Å². The lowest BCUT2D eigenvalue weighted by atomic mass is 10.3. The minimum atomic E-state index is -0.277. The number of hydrogen-bond donors (Lipinski definition) is 2. The molecule has 5 nitrogen and oxygen atoms in total. The largest absolute Gasteiger partial charge is 0.329 e. The molecule has 0 radical (unpaired) electrons. The standard InChI is InChI=1S/C7H11N3O2/c1-5-4-6(11)9-10(3-2-8)7(5)12/h4H,2-3,8H2,1H3,(H,9,11). The molecule has 1 aromatic rings. The summed E-state index contributed by atoms with van der Waals surface area (Å²) in [5.41, 5.74) is 5.21. The number of nitrogens with zero attached hydrogens (tertiary/aromatic N) is 1. The van der Waals surface area contributed by atoms with Gasteiger partial charge in [0.2, 0.25) is 0 Å². The number of H-pyrrole nitrogens is 1. The van der Waals surface area contributed by atoms with Gasteiger partial charge in [-0.1, -0.05) is 0 Å². The zero-order chi connectivity index (χ0) is 9.14. The maximum Gasteiger partial charge on any atom is 0.268 e. The van der Waals surface area contributed by atoms with Crippen LogP contribution >= 0.6 is 0 Å². The number of aromatic nitrogens is 2. The Balaban J connectivity index is 3.28. The van der Waals surface area contributed by atoms with Gasteiger partial charge in [0.25, 0.3) is 11.1 Å². The van der Waals surface area contributed by atoms with Gasteiger partial charge < -0.3 is 5.73 Å². The van der Waals surface area contributed by atoms with Crippen molar-refractivity contribution in [2.45, 2.75) is 13.5 Å². The van der Waals surface area contributed by atoms with Crippen LogP contribution in [-0.2, 0) is 6.54 Å². The molecular weight excluding hydrogens is 158 g/mol. The Labute approximate surface area is 68.8 Å². The van der Waals surface area contributed by atoms with E-state index < -0.39 is 0 Å². The summed E-state index contributed by atoms with van der Waals surface area (Å²) in [6.45, 7) is 2.28. The molecule has 0 unspecified atom stereocenters. The van der Waals surface area contributed by atoms with Crippen LogP contribution in [0.4, 0.5) is 0 Å². The summed E-state index contributed by atoms with van der Waals surface area (Å²) in [7, 11) is 0. The van der Waals surface area contributed by atoms with Gasteiger partial charge in [0.05, 0.1) is 6.54 Å². The first-order valence-electron chi connectivity index (χ1n) is 3.66. The highest BCUT2D eigenvalue weighted by Crippen LogP contribution is 1.78. The molecule has 0 saturated heterocycles. The van der Waals surface area contributed by atoms with E-state index in [9.17, 15) is 9.59 Å². The average molecular weight is 169 g/mol. The van der Waals surface area contributed by atoms with E-state index in [0.29, 0.717) is 18.7 Å². The van der Waals surface area contributed by atoms with Gasteiger partial charge in [-0.05, 0) is 6.92 Å². The monoisotopic (exact) mass is 169 g/mol. The maximum atomic E-state index is 11.2. The lowest BCUT2D eigenvalue weighted by Crippen LogP contribution is -2.32. The van der Waals surface area contributed by atoms with Crippen molar-refractivity contribution in [1.82, 2.24) is 9.78 Å². The zero-order valence-corrected chi connectivity index (χ0v) is 6.83. The first-order chi connectivity index (χ1) is 5.65. The molecule has 0 aromatic carbocycles. The predicted octanol–water partition coefficient (Wildman–Crippen LogP) is -1.20. The molecule has 0 atom stereocenters. The van der Waals surface area contributed by atoms with Crippen LogP contribution in [0, 0.1) is 6.92 Å². The van der Waals surface area contributed by atoms with Crippen LogP contribution in [-0.4, -0.2) is 16.3 Å². The van der Waals surface area contributed by atoms with Crippen LogP contribution < -0.4 is 16.9 Å². The number of rotatable bonds is 2. The number of nitrogens with two attached hydrogens (primary N) is 1. The lowest BCUT2D eigenvalue weighted by molar-refractivity contribution is 0.574. The fourth-order valence-corrected chi connectivity index (χ4v) is 0.974. The molecule has 1 heterocycles. The van der Waals surface area contributed by atoms with Crippen molar-refractivity contribution in [3.63, 3.8) is 0 Å². The molecule has 3 N–H and O–H groups in total. The second-order valence-electron chi connectivity index (χ2n) is 2.55. The van der Waals surface area contributed by atoms with Crippen molar-refractivity contribution in [2.24, 2.45) is 5.73 Å². The third kappa shape index (κ3) is 1.62. The van der Waals surface area contributed by atoms with Crippen molar-refractivity contribution in [2.75, 3.05) is 6.54 Å². The Bertz CT molecular complexity index is 377. The molecule has 0 bridgehead atoms. The number of aryl methyl sites for hydroxylation is 1. The minimum absolute atomic E-state index is 0.194. The normalized spacial score (nSPS) is 10.2. The Kier molecular flexibility index (Phi) is 2.44. The average Bonchev–Trinajstić information content (AvgIpc) is 2.00. The third-order valence-corrected chi connectivity index (χ3v) is 1.53. The fraction of sp³-hybridized carbons (Fsp3) is 0.429. The predicted molar refractivity (Wildman–Crippen MR) is 45.1 cm³/mol. The lowest BCUT2D eigenvalue weighted by Gasteiger charge is -2.02. The van der Waals surface area contributed by atoms with Crippen molar-refractivity contribution in [1.29, 1.82) is 0 Å². The molecule has 0 fully saturated rings. The molecule has 5 heteroatoms. The molecule has 0 amide bonds. The molecule has 1 aromatic heterocycles. The van der Waals surface area contributed by atoms with E-state index in [4.69, 9.17) is 5.73 Å². The van der Waals surface area contributed by atoms with Crippen molar-refractivity contribution >= 4 is 0 Å². The quantitative estimate of drug-likeness (QED) is 0.583. The van der Waals surface area contributed by atoms with Gasteiger partial charge >= 0.3 is 0 Å². The van der Waals surface area contributed by atoms with Crippen LogP contribution in [0.1, 0.15) is 5.56 Å². The fourth-order valence-electron chi connectivity index (χ4n) is 0.974. The van der Waals surface area contributed by atoms with Crippen LogP contribution in [0.15, 0.2) is 15.7 Å². The third-order valence-electron chi connectivity index (χ3n) is 1.53. The summed E-state index contributed by atoms with van der Waals surface area (Å²) in [6.07, 6.45) is 0.